The zero-order chi connectivity index (χ0) is 27.2. The van der Waals surface area contributed by atoms with Gasteiger partial charge in [-0.2, -0.15) is 11.8 Å². The predicted octanol–water partition coefficient (Wildman–Crippen LogP) is 6.41. The minimum atomic E-state index is -0.569. The van der Waals surface area contributed by atoms with E-state index in [0.29, 0.717) is 59.4 Å². The lowest BCUT2D eigenvalue weighted by Gasteiger charge is -2.37. The van der Waals surface area contributed by atoms with E-state index in [0.717, 1.165) is 28.3 Å². The molecule has 0 bridgehead atoms. The minimum Gasteiger partial charge on any atom is -0.493 e. The minimum absolute atomic E-state index is 0.0101. The number of nitrogens with one attached hydrogen (secondary N) is 1. The number of ether oxygens (including phenoxy) is 3. The summed E-state index contributed by atoms with van der Waals surface area (Å²) in [6, 6.07) is 13.2. The van der Waals surface area contributed by atoms with Crippen LogP contribution >= 0.6 is 23.4 Å². The van der Waals surface area contributed by atoms with Crippen molar-refractivity contribution in [3.8, 4) is 11.5 Å². The fourth-order valence-corrected chi connectivity index (χ4v) is 5.78. The van der Waals surface area contributed by atoms with Crippen LogP contribution in [0.3, 0.4) is 0 Å². The van der Waals surface area contributed by atoms with Gasteiger partial charge in [0, 0.05) is 40.1 Å². The van der Waals surface area contributed by atoms with Gasteiger partial charge in [0.05, 0.1) is 19.3 Å². The Morgan fingerprint density at radius 2 is 1.82 bits per heavy atom. The number of allylic oxidation sites excluding steroid dienone is 3. The maximum absolute atomic E-state index is 13.8. The summed E-state index contributed by atoms with van der Waals surface area (Å²) in [5.41, 5.74) is 4.45. The molecule has 0 fully saturated rings. The van der Waals surface area contributed by atoms with Crippen LogP contribution in [-0.4, -0.2) is 43.6 Å². The van der Waals surface area contributed by atoms with Gasteiger partial charge in [-0.3, -0.25) is 4.79 Å². The molecule has 0 amide bonds. The summed E-state index contributed by atoms with van der Waals surface area (Å²) in [7, 11) is 1.58. The van der Waals surface area contributed by atoms with Gasteiger partial charge in [-0.1, -0.05) is 36.7 Å². The number of hydrogen-bond donors (Lipinski definition) is 1. The molecule has 1 aliphatic heterocycles. The van der Waals surface area contributed by atoms with E-state index in [9.17, 15) is 9.59 Å². The van der Waals surface area contributed by atoms with Crippen LogP contribution in [0.25, 0.3) is 0 Å². The van der Waals surface area contributed by atoms with Crippen LogP contribution < -0.4 is 14.8 Å². The molecule has 4 rings (SSSR count). The van der Waals surface area contributed by atoms with Crippen LogP contribution in [0.4, 0.5) is 0 Å². The van der Waals surface area contributed by atoms with E-state index in [1.807, 2.05) is 56.3 Å². The van der Waals surface area contributed by atoms with E-state index in [2.05, 4.69) is 12.2 Å². The Kier molecular flexibility index (Phi) is 9.44. The van der Waals surface area contributed by atoms with Gasteiger partial charge in [0.25, 0.3) is 0 Å². The topological polar surface area (TPSA) is 73.9 Å². The third-order valence-electron chi connectivity index (χ3n) is 6.87. The molecule has 0 saturated carbocycles. The molecule has 0 unspecified atom stereocenters. The maximum atomic E-state index is 13.8. The highest BCUT2D eigenvalue weighted by Crippen LogP contribution is 2.47. The summed E-state index contributed by atoms with van der Waals surface area (Å²) in [4.78, 5) is 27.2. The number of Topliss-reactive ketones (excluding diaryl/α,β-unsaturated/α-hetero) is 1. The van der Waals surface area contributed by atoms with Gasteiger partial charge >= 0.3 is 5.97 Å². The molecule has 2 atom stereocenters. The molecule has 1 aliphatic carbocycles. The molecule has 1 heterocycles. The summed E-state index contributed by atoms with van der Waals surface area (Å²) in [5.74, 6) is 1.89. The first-order valence-corrected chi connectivity index (χ1v) is 14.5. The first kappa shape index (κ1) is 28.1. The predicted molar refractivity (Wildman–Crippen MR) is 152 cm³/mol. The van der Waals surface area contributed by atoms with Crippen molar-refractivity contribution < 1.29 is 23.8 Å². The van der Waals surface area contributed by atoms with E-state index in [4.69, 9.17) is 25.8 Å². The molecular weight excluding hydrogens is 522 g/mol. The lowest BCUT2D eigenvalue weighted by molar-refractivity contribution is -0.138. The summed E-state index contributed by atoms with van der Waals surface area (Å²) in [5, 5.41) is 4.07. The first-order chi connectivity index (χ1) is 18.4. The van der Waals surface area contributed by atoms with Crippen molar-refractivity contribution in [2.24, 2.45) is 0 Å². The number of thioether (sulfide) groups is 1. The van der Waals surface area contributed by atoms with Gasteiger partial charge < -0.3 is 19.5 Å². The molecule has 38 heavy (non-hydrogen) atoms. The van der Waals surface area contributed by atoms with Crippen LogP contribution in [0.15, 0.2) is 65.0 Å². The van der Waals surface area contributed by atoms with Gasteiger partial charge in [-0.15, -0.1) is 0 Å². The van der Waals surface area contributed by atoms with Crippen molar-refractivity contribution in [3.05, 3.63) is 81.2 Å². The average Bonchev–Trinajstić information content (AvgIpc) is 2.91. The van der Waals surface area contributed by atoms with Gasteiger partial charge in [0.1, 0.15) is 6.61 Å². The molecule has 1 N–H and O–H groups in total. The summed E-state index contributed by atoms with van der Waals surface area (Å²) in [6.07, 6.45) is 1.00. The van der Waals surface area contributed by atoms with Crippen LogP contribution in [0.2, 0.25) is 5.02 Å². The third kappa shape index (κ3) is 6.05. The summed E-state index contributed by atoms with van der Waals surface area (Å²) < 4.78 is 17.0. The second-order valence-corrected chi connectivity index (χ2v) is 11.1. The first-order valence-electron chi connectivity index (χ1n) is 12.9. The molecule has 2 aromatic carbocycles. The molecule has 6 nitrogen and oxygen atoms in total. The normalized spacial score (nSPS) is 19.1. The zero-order valence-electron chi connectivity index (χ0n) is 22.3. The van der Waals surface area contributed by atoms with Gasteiger partial charge in [-0.25, -0.2) is 4.79 Å². The smallest absolute Gasteiger partial charge is 0.336 e. The number of benzene rings is 2. The molecule has 0 aromatic heterocycles. The number of carbonyl (C=O) groups is 2. The lowest BCUT2D eigenvalue weighted by atomic mass is 9.71. The number of halogens is 1. The Bertz CT molecular complexity index is 1250. The van der Waals surface area contributed by atoms with E-state index in [1.165, 1.54) is 0 Å². The number of methoxy groups -OCH3 is 1. The number of dihydropyridines is 1. The third-order valence-corrected chi connectivity index (χ3v) is 7.99. The number of hydrogen-bond acceptors (Lipinski definition) is 7. The van der Waals surface area contributed by atoms with Crippen LogP contribution in [-0.2, 0) is 14.3 Å². The Hall–Kier alpha value is -2.90. The van der Waals surface area contributed by atoms with Gasteiger partial charge in [-0.05, 0) is 67.3 Å². The molecule has 2 aliphatic rings. The largest absolute Gasteiger partial charge is 0.493 e. The van der Waals surface area contributed by atoms with E-state index in [1.54, 1.807) is 18.9 Å². The molecular formula is C30H34ClNO5S. The lowest BCUT2D eigenvalue weighted by Crippen LogP contribution is -2.36. The Morgan fingerprint density at radius 3 is 2.50 bits per heavy atom. The quantitative estimate of drug-likeness (QED) is 0.268. The second kappa shape index (κ2) is 12.8. The van der Waals surface area contributed by atoms with E-state index >= 15 is 0 Å². The standard InChI is InChI=1S/C30H34ClNO5S/c1-5-36-25-12-9-20(17-26(25)35-4)28-27(30(34)37-13-14-38-6-2)18(3)32-23-15-21(16-24(33)29(23)28)19-7-10-22(31)11-8-19/h7-12,17,21,28,32H,5-6,13-16H2,1-4H3/t21-,28+/m1/s1. The highest BCUT2D eigenvalue weighted by Gasteiger charge is 2.41. The summed E-state index contributed by atoms with van der Waals surface area (Å²) >= 11 is 7.80. The van der Waals surface area contributed by atoms with E-state index < -0.39 is 11.9 Å². The SMILES string of the molecule is CCOc1ccc([C@H]2C(C(=O)OCCSCC)=C(C)NC3=C2C(=O)C[C@H](c2ccc(Cl)cc2)C3)cc1OC. The van der Waals surface area contributed by atoms with E-state index in [-0.39, 0.29) is 11.7 Å². The van der Waals surface area contributed by atoms with Crippen LogP contribution in [0.1, 0.15) is 56.6 Å². The molecule has 0 radical (unpaired) electrons. The Balaban J connectivity index is 1.75. The number of esters is 1. The van der Waals surface area contributed by atoms with Gasteiger partial charge in [0.15, 0.2) is 17.3 Å². The van der Waals surface area contributed by atoms with Crippen LogP contribution in [0, 0.1) is 0 Å². The van der Waals surface area contributed by atoms with Crippen LogP contribution in [0.5, 0.6) is 11.5 Å². The van der Waals surface area contributed by atoms with Crippen molar-refractivity contribution in [3.63, 3.8) is 0 Å². The highest BCUT2D eigenvalue weighted by atomic mass is 35.5. The number of rotatable bonds is 10. The fraction of sp³-hybridized carbons (Fsp3) is 0.400. The monoisotopic (exact) mass is 555 g/mol. The Labute approximate surface area is 233 Å². The Morgan fingerprint density at radius 1 is 1.08 bits per heavy atom. The molecule has 2 aromatic rings. The number of carbonyl (C=O) groups excluding carboxylic acids is 2. The maximum Gasteiger partial charge on any atom is 0.336 e. The highest BCUT2D eigenvalue weighted by molar-refractivity contribution is 7.99. The van der Waals surface area contributed by atoms with Crippen molar-refractivity contribution in [1.29, 1.82) is 0 Å². The number of ketones is 1. The van der Waals surface area contributed by atoms with Crippen molar-refractivity contribution >= 4 is 35.1 Å². The average molecular weight is 556 g/mol. The van der Waals surface area contributed by atoms with Crippen molar-refractivity contribution in [1.82, 2.24) is 5.32 Å². The fourth-order valence-electron chi connectivity index (χ4n) is 5.17. The second-order valence-electron chi connectivity index (χ2n) is 9.24. The molecule has 0 saturated heterocycles. The molecule has 0 spiro atoms. The molecule has 202 valence electrons. The van der Waals surface area contributed by atoms with Crippen molar-refractivity contribution in [2.45, 2.75) is 45.4 Å². The molecule has 8 heteroatoms. The van der Waals surface area contributed by atoms with Crippen molar-refractivity contribution in [2.75, 3.05) is 31.8 Å². The zero-order valence-corrected chi connectivity index (χ0v) is 23.8. The summed E-state index contributed by atoms with van der Waals surface area (Å²) in [6.45, 7) is 6.66. The van der Waals surface area contributed by atoms with Gasteiger partial charge in [0.2, 0.25) is 0 Å².